The molecule has 9 aromatic rings. The Bertz CT molecular complexity index is 2960. The Balaban J connectivity index is 1.15. The van der Waals surface area contributed by atoms with E-state index in [1.165, 1.54) is 61.2 Å². The number of aromatic nitrogens is 4. The molecule has 7 aromatic carbocycles. The SMILES string of the molecule is CC1(C)c2ccccc2-c2cccc(-c3cc(-c4cc(-c5ccc(-c6ccccc6)cc5)nc(-c5cnc[nH]5)n4)cc(-c4cccc5c4C(C)(C)c4ccccc4-5)c3)c21. The van der Waals surface area contributed by atoms with Crippen LogP contribution in [0.5, 0.6) is 0 Å². The first kappa shape index (κ1) is 35.0. The molecule has 0 amide bonds. The largest absolute Gasteiger partial charge is 0.342 e. The molecule has 0 radical (unpaired) electrons. The Labute approximate surface area is 345 Å². The van der Waals surface area contributed by atoms with Gasteiger partial charge in [-0.05, 0) is 102 Å². The molecule has 0 saturated carbocycles. The van der Waals surface area contributed by atoms with Gasteiger partial charge < -0.3 is 4.98 Å². The van der Waals surface area contributed by atoms with Gasteiger partial charge in [0.25, 0.3) is 0 Å². The Morgan fingerprint density at radius 1 is 0.390 bits per heavy atom. The van der Waals surface area contributed by atoms with Crippen LogP contribution in [0.15, 0.2) is 176 Å². The summed E-state index contributed by atoms with van der Waals surface area (Å²) in [6, 6.07) is 59.8. The predicted octanol–water partition coefficient (Wildman–Crippen LogP) is 13.8. The third-order valence-corrected chi connectivity index (χ3v) is 12.8. The van der Waals surface area contributed by atoms with E-state index in [9.17, 15) is 0 Å². The third kappa shape index (κ3) is 5.55. The Morgan fingerprint density at radius 2 is 0.847 bits per heavy atom. The molecule has 0 bridgehead atoms. The summed E-state index contributed by atoms with van der Waals surface area (Å²) in [5, 5.41) is 0. The lowest BCUT2D eigenvalue weighted by Gasteiger charge is -2.26. The lowest BCUT2D eigenvalue weighted by molar-refractivity contribution is 0.662. The van der Waals surface area contributed by atoms with Crippen molar-refractivity contribution in [2.75, 3.05) is 0 Å². The first-order valence-electron chi connectivity index (χ1n) is 20.4. The van der Waals surface area contributed by atoms with E-state index >= 15 is 0 Å². The highest BCUT2D eigenvalue weighted by molar-refractivity contribution is 5.93. The molecule has 2 heterocycles. The molecule has 4 heteroatoms. The van der Waals surface area contributed by atoms with Gasteiger partial charge >= 0.3 is 0 Å². The molecule has 0 atom stereocenters. The molecule has 2 aliphatic carbocycles. The third-order valence-electron chi connectivity index (χ3n) is 12.8. The highest BCUT2D eigenvalue weighted by Gasteiger charge is 2.39. The van der Waals surface area contributed by atoms with Crippen molar-refractivity contribution >= 4 is 0 Å². The zero-order valence-electron chi connectivity index (χ0n) is 33.6. The van der Waals surface area contributed by atoms with Crippen molar-refractivity contribution < 1.29 is 0 Å². The fourth-order valence-corrected chi connectivity index (χ4v) is 9.97. The molecule has 4 nitrogen and oxygen atoms in total. The van der Waals surface area contributed by atoms with Gasteiger partial charge in [0.05, 0.1) is 23.9 Å². The molecule has 0 saturated heterocycles. The van der Waals surface area contributed by atoms with E-state index in [-0.39, 0.29) is 10.8 Å². The molecular weight excluding hydrogens is 717 g/mol. The highest BCUT2D eigenvalue weighted by Crippen LogP contribution is 2.55. The van der Waals surface area contributed by atoms with Crippen LogP contribution in [0.1, 0.15) is 49.9 Å². The lowest BCUT2D eigenvalue weighted by Crippen LogP contribution is -2.16. The van der Waals surface area contributed by atoms with Crippen molar-refractivity contribution in [2.45, 2.75) is 38.5 Å². The van der Waals surface area contributed by atoms with Crippen molar-refractivity contribution in [2.24, 2.45) is 0 Å². The summed E-state index contributed by atoms with van der Waals surface area (Å²) in [6.07, 6.45) is 3.48. The van der Waals surface area contributed by atoms with Gasteiger partial charge in [0.15, 0.2) is 5.82 Å². The highest BCUT2D eigenvalue weighted by atomic mass is 15.0. The summed E-state index contributed by atoms with van der Waals surface area (Å²) in [6.45, 7) is 9.47. The number of fused-ring (bicyclic) bond motifs is 6. The molecule has 59 heavy (non-hydrogen) atoms. The Morgan fingerprint density at radius 3 is 1.41 bits per heavy atom. The van der Waals surface area contributed by atoms with E-state index in [0.29, 0.717) is 5.82 Å². The molecule has 0 spiro atoms. The van der Waals surface area contributed by atoms with Crippen molar-refractivity contribution in [3.05, 3.63) is 199 Å². The number of benzene rings is 7. The van der Waals surface area contributed by atoms with Crippen LogP contribution in [0, 0.1) is 0 Å². The first-order valence-corrected chi connectivity index (χ1v) is 20.4. The van der Waals surface area contributed by atoms with Crippen molar-refractivity contribution in [3.63, 3.8) is 0 Å². The van der Waals surface area contributed by atoms with Crippen LogP contribution in [-0.2, 0) is 10.8 Å². The maximum absolute atomic E-state index is 5.29. The number of hydrogen-bond donors (Lipinski definition) is 1. The van der Waals surface area contributed by atoms with Crippen LogP contribution in [0.3, 0.4) is 0 Å². The molecule has 282 valence electrons. The van der Waals surface area contributed by atoms with E-state index in [0.717, 1.165) is 44.9 Å². The zero-order chi connectivity index (χ0) is 39.9. The second-order valence-electron chi connectivity index (χ2n) is 17.0. The average Bonchev–Trinajstić information content (AvgIpc) is 3.97. The van der Waals surface area contributed by atoms with E-state index < -0.39 is 0 Å². The lowest BCUT2D eigenvalue weighted by atomic mass is 9.77. The van der Waals surface area contributed by atoms with E-state index in [1.807, 2.05) is 6.07 Å². The average molecular weight is 759 g/mol. The van der Waals surface area contributed by atoms with Gasteiger partial charge in [-0.25, -0.2) is 15.0 Å². The van der Waals surface area contributed by atoms with Gasteiger partial charge in [-0.3, -0.25) is 0 Å². The van der Waals surface area contributed by atoms with Crippen LogP contribution in [0.25, 0.3) is 89.7 Å². The van der Waals surface area contributed by atoms with Crippen molar-refractivity contribution in [1.29, 1.82) is 0 Å². The number of nitrogens with one attached hydrogen (secondary N) is 1. The van der Waals surface area contributed by atoms with Gasteiger partial charge in [-0.15, -0.1) is 0 Å². The fourth-order valence-electron chi connectivity index (χ4n) is 9.97. The summed E-state index contributed by atoms with van der Waals surface area (Å²) in [5.41, 5.74) is 22.0. The topological polar surface area (TPSA) is 54.5 Å². The van der Waals surface area contributed by atoms with E-state index in [1.54, 1.807) is 12.5 Å². The molecule has 2 aliphatic rings. The van der Waals surface area contributed by atoms with Crippen LogP contribution in [0.4, 0.5) is 0 Å². The summed E-state index contributed by atoms with van der Waals surface area (Å²) in [7, 11) is 0. The molecule has 0 fully saturated rings. The summed E-state index contributed by atoms with van der Waals surface area (Å²) >= 11 is 0. The van der Waals surface area contributed by atoms with Crippen molar-refractivity contribution in [3.8, 4) is 89.7 Å². The van der Waals surface area contributed by atoms with Crippen LogP contribution >= 0.6 is 0 Å². The number of imidazole rings is 1. The van der Waals surface area contributed by atoms with Gasteiger partial charge in [-0.2, -0.15) is 0 Å². The summed E-state index contributed by atoms with van der Waals surface area (Å²) < 4.78 is 0. The van der Waals surface area contributed by atoms with Crippen LogP contribution in [-0.4, -0.2) is 19.9 Å². The van der Waals surface area contributed by atoms with E-state index in [4.69, 9.17) is 9.97 Å². The minimum absolute atomic E-state index is 0.182. The van der Waals surface area contributed by atoms with Gasteiger partial charge in [0, 0.05) is 22.0 Å². The number of H-pyrrole nitrogens is 1. The molecule has 0 aliphatic heterocycles. The minimum Gasteiger partial charge on any atom is -0.342 e. The zero-order valence-corrected chi connectivity index (χ0v) is 33.6. The predicted molar refractivity (Wildman–Crippen MR) is 242 cm³/mol. The van der Waals surface area contributed by atoms with Gasteiger partial charge in [-0.1, -0.05) is 167 Å². The molecule has 11 rings (SSSR count). The van der Waals surface area contributed by atoms with Gasteiger partial charge in [0.2, 0.25) is 0 Å². The second-order valence-corrected chi connectivity index (χ2v) is 17.0. The second kappa shape index (κ2) is 13.2. The smallest absolute Gasteiger partial charge is 0.178 e. The summed E-state index contributed by atoms with van der Waals surface area (Å²) in [4.78, 5) is 18.0. The molecule has 0 unspecified atom stereocenters. The standard InChI is InChI=1S/C55H42N4/c1-54(2)46-22-10-8-16-42(46)44-20-12-18-40(51(44)54)37-28-38(41-19-13-21-45-43-17-9-11-23-47(43)55(3,4)52(41)45)30-39(29-37)49-31-48(58-53(59-49)50-32-56-33-57-50)36-26-24-35(25-27-36)34-14-6-5-7-15-34/h5-33H,1-4H3,(H,56,57). The van der Waals surface area contributed by atoms with Gasteiger partial charge in [0.1, 0.15) is 5.69 Å². The monoisotopic (exact) mass is 758 g/mol. The number of hydrogen-bond acceptors (Lipinski definition) is 3. The quantitative estimate of drug-likeness (QED) is 0.184. The fraction of sp³-hybridized carbons (Fsp3) is 0.109. The normalized spacial score (nSPS) is 14.0. The van der Waals surface area contributed by atoms with Crippen LogP contribution in [0.2, 0.25) is 0 Å². The summed E-state index contributed by atoms with van der Waals surface area (Å²) in [5.74, 6) is 0.600. The maximum Gasteiger partial charge on any atom is 0.178 e. The Kier molecular flexibility index (Phi) is 7.83. The Hall–Kier alpha value is -7.17. The molecular formula is C55H42N4. The maximum atomic E-state index is 5.29. The van der Waals surface area contributed by atoms with E-state index in [2.05, 4.69) is 195 Å². The molecule has 2 aromatic heterocycles. The molecule has 1 N–H and O–H groups in total. The minimum atomic E-state index is -0.182. The first-order chi connectivity index (χ1) is 28.8. The van der Waals surface area contributed by atoms with Crippen molar-refractivity contribution in [1.82, 2.24) is 19.9 Å². The number of nitrogens with zero attached hydrogens (tertiary/aromatic N) is 3. The van der Waals surface area contributed by atoms with Crippen LogP contribution < -0.4 is 0 Å². The number of rotatable bonds is 6. The number of aromatic amines is 1.